The predicted octanol–water partition coefficient (Wildman–Crippen LogP) is 5.24. The van der Waals surface area contributed by atoms with E-state index in [1.165, 1.54) is 11.1 Å². The maximum atomic E-state index is 2.28. The lowest BCUT2D eigenvalue weighted by molar-refractivity contribution is 1.04. The molecule has 2 rings (SSSR count). The Morgan fingerprint density at radius 3 is 1.35 bits per heavy atom. The summed E-state index contributed by atoms with van der Waals surface area (Å²) in [4.78, 5) is 0. The summed E-state index contributed by atoms with van der Waals surface area (Å²) in [5.74, 6) is 0. The van der Waals surface area contributed by atoms with Crippen molar-refractivity contribution in [2.75, 3.05) is 0 Å². The van der Waals surface area contributed by atoms with Crippen molar-refractivity contribution in [3.05, 3.63) is 71.8 Å². The summed E-state index contributed by atoms with van der Waals surface area (Å²) in [6, 6.07) is 21.4. The second kappa shape index (κ2) is 5.92. The minimum atomic E-state index is 0.534. The van der Waals surface area contributed by atoms with Crippen LogP contribution in [0.15, 0.2) is 60.7 Å². The van der Waals surface area contributed by atoms with E-state index in [1.54, 1.807) is 0 Å². The molecule has 0 fully saturated rings. The maximum Gasteiger partial charge on any atom is 0.0275 e. The molecule has 0 aliphatic heterocycles. The maximum absolute atomic E-state index is 2.28. The SMILES string of the molecule is C[C@H](S[C@@H](C)c1ccccc1)c1ccccc1. The first-order valence-electron chi connectivity index (χ1n) is 6.02. The lowest BCUT2D eigenvalue weighted by atomic mass is 10.2. The molecule has 0 radical (unpaired) electrons. The molecule has 0 heterocycles. The Bertz CT molecular complexity index is 392. The molecule has 0 unspecified atom stereocenters. The van der Waals surface area contributed by atoms with Crippen molar-refractivity contribution < 1.29 is 0 Å². The normalized spacial score (nSPS) is 14.2. The molecule has 0 aliphatic carbocycles. The van der Waals surface area contributed by atoms with Gasteiger partial charge in [-0.05, 0) is 25.0 Å². The molecule has 0 aliphatic rings. The molecule has 1 heteroatoms. The van der Waals surface area contributed by atoms with Gasteiger partial charge in [0.1, 0.15) is 0 Å². The monoisotopic (exact) mass is 242 g/mol. The highest BCUT2D eigenvalue weighted by molar-refractivity contribution is 7.99. The number of benzene rings is 2. The Morgan fingerprint density at radius 2 is 1.00 bits per heavy atom. The van der Waals surface area contributed by atoms with Gasteiger partial charge in [0.05, 0.1) is 0 Å². The van der Waals surface area contributed by atoms with E-state index in [4.69, 9.17) is 0 Å². The van der Waals surface area contributed by atoms with Crippen molar-refractivity contribution in [2.45, 2.75) is 24.3 Å². The molecule has 0 aromatic heterocycles. The topological polar surface area (TPSA) is 0 Å². The molecule has 0 saturated carbocycles. The van der Waals surface area contributed by atoms with E-state index in [0.29, 0.717) is 10.5 Å². The Balaban J connectivity index is 2.02. The fraction of sp³-hybridized carbons (Fsp3) is 0.250. The highest BCUT2D eigenvalue weighted by atomic mass is 32.2. The van der Waals surface area contributed by atoms with Gasteiger partial charge in [-0.25, -0.2) is 0 Å². The second-order valence-electron chi connectivity index (χ2n) is 4.24. The Morgan fingerprint density at radius 1 is 0.647 bits per heavy atom. The van der Waals surface area contributed by atoms with Gasteiger partial charge in [0.25, 0.3) is 0 Å². The van der Waals surface area contributed by atoms with Crippen LogP contribution >= 0.6 is 11.8 Å². The number of hydrogen-bond donors (Lipinski definition) is 0. The van der Waals surface area contributed by atoms with Crippen molar-refractivity contribution in [1.29, 1.82) is 0 Å². The number of rotatable bonds is 4. The molecule has 0 amide bonds. The van der Waals surface area contributed by atoms with Crippen LogP contribution in [-0.2, 0) is 0 Å². The Hall–Kier alpha value is -1.21. The standard InChI is InChI=1S/C16H18S/c1-13(15-9-5-3-6-10-15)17-14(2)16-11-7-4-8-12-16/h3-14H,1-2H3/t13-,14-/m0/s1. The van der Waals surface area contributed by atoms with E-state index in [2.05, 4.69) is 74.5 Å². The zero-order valence-electron chi connectivity index (χ0n) is 10.3. The van der Waals surface area contributed by atoms with Gasteiger partial charge in [0.2, 0.25) is 0 Å². The predicted molar refractivity (Wildman–Crippen MR) is 77.3 cm³/mol. The van der Waals surface area contributed by atoms with Gasteiger partial charge in [-0.15, -0.1) is 11.8 Å². The van der Waals surface area contributed by atoms with Gasteiger partial charge >= 0.3 is 0 Å². The van der Waals surface area contributed by atoms with Crippen LogP contribution in [0.3, 0.4) is 0 Å². The largest absolute Gasteiger partial charge is 0.146 e. The zero-order chi connectivity index (χ0) is 12.1. The summed E-state index contributed by atoms with van der Waals surface area (Å²) in [5, 5.41) is 1.07. The summed E-state index contributed by atoms with van der Waals surface area (Å²) in [6.45, 7) is 4.55. The summed E-state index contributed by atoms with van der Waals surface area (Å²) in [7, 11) is 0. The van der Waals surface area contributed by atoms with Gasteiger partial charge in [-0.2, -0.15) is 0 Å². The van der Waals surface area contributed by atoms with Gasteiger partial charge in [-0.3, -0.25) is 0 Å². The van der Waals surface area contributed by atoms with Gasteiger partial charge < -0.3 is 0 Å². The van der Waals surface area contributed by atoms with Crippen LogP contribution in [0, 0.1) is 0 Å². The van der Waals surface area contributed by atoms with Gasteiger partial charge in [0, 0.05) is 10.5 Å². The number of hydrogen-bond acceptors (Lipinski definition) is 1. The lowest BCUT2D eigenvalue weighted by Crippen LogP contribution is -1.93. The second-order valence-corrected chi connectivity index (χ2v) is 5.93. The molecule has 0 spiro atoms. The molecule has 2 aromatic rings. The van der Waals surface area contributed by atoms with Crippen LogP contribution in [0.5, 0.6) is 0 Å². The summed E-state index contributed by atoms with van der Waals surface area (Å²) in [6.07, 6.45) is 0. The zero-order valence-corrected chi connectivity index (χ0v) is 11.2. The summed E-state index contributed by atoms with van der Waals surface area (Å²) >= 11 is 2.01. The minimum absolute atomic E-state index is 0.534. The van der Waals surface area contributed by atoms with E-state index >= 15 is 0 Å². The molecule has 0 saturated heterocycles. The van der Waals surface area contributed by atoms with E-state index < -0.39 is 0 Å². The number of thioether (sulfide) groups is 1. The summed E-state index contributed by atoms with van der Waals surface area (Å²) in [5.41, 5.74) is 2.81. The highest BCUT2D eigenvalue weighted by Gasteiger charge is 2.12. The first kappa shape index (κ1) is 12.3. The average molecular weight is 242 g/mol. The van der Waals surface area contributed by atoms with Crippen molar-refractivity contribution in [3.63, 3.8) is 0 Å². The van der Waals surface area contributed by atoms with Crippen LogP contribution in [0.4, 0.5) is 0 Å². The van der Waals surface area contributed by atoms with Crippen LogP contribution in [0.1, 0.15) is 35.5 Å². The first-order chi connectivity index (χ1) is 8.27. The summed E-state index contributed by atoms with van der Waals surface area (Å²) < 4.78 is 0. The molecule has 17 heavy (non-hydrogen) atoms. The van der Waals surface area contributed by atoms with Gasteiger partial charge in [0.15, 0.2) is 0 Å². The molecule has 0 N–H and O–H groups in total. The Kier molecular flexibility index (Phi) is 4.27. The molecule has 0 bridgehead atoms. The molecular formula is C16H18S. The van der Waals surface area contributed by atoms with Crippen molar-refractivity contribution >= 4 is 11.8 Å². The Labute approximate surface area is 108 Å². The first-order valence-corrected chi connectivity index (χ1v) is 6.97. The lowest BCUT2D eigenvalue weighted by Gasteiger charge is -2.17. The quantitative estimate of drug-likeness (QED) is 0.706. The van der Waals surface area contributed by atoms with Crippen LogP contribution < -0.4 is 0 Å². The van der Waals surface area contributed by atoms with E-state index in [1.807, 2.05) is 11.8 Å². The minimum Gasteiger partial charge on any atom is -0.146 e. The van der Waals surface area contributed by atoms with Crippen LogP contribution in [-0.4, -0.2) is 0 Å². The van der Waals surface area contributed by atoms with Crippen molar-refractivity contribution in [3.8, 4) is 0 Å². The fourth-order valence-corrected chi connectivity index (χ4v) is 3.15. The smallest absolute Gasteiger partial charge is 0.0275 e. The van der Waals surface area contributed by atoms with Crippen molar-refractivity contribution in [1.82, 2.24) is 0 Å². The molecule has 2 aromatic carbocycles. The van der Waals surface area contributed by atoms with E-state index in [9.17, 15) is 0 Å². The van der Waals surface area contributed by atoms with E-state index in [-0.39, 0.29) is 0 Å². The molecule has 88 valence electrons. The molecule has 2 atom stereocenters. The third-order valence-electron chi connectivity index (χ3n) is 2.95. The highest BCUT2D eigenvalue weighted by Crippen LogP contribution is 2.39. The molecular weight excluding hydrogens is 224 g/mol. The third kappa shape index (κ3) is 3.37. The van der Waals surface area contributed by atoms with Gasteiger partial charge in [-0.1, -0.05) is 60.7 Å². The third-order valence-corrected chi connectivity index (χ3v) is 4.31. The van der Waals surface area contributed by atoms with E-state index in [0.717, 1.165) is 0 Å². The van der Waals surface area contributed by atoms with Crippen LogP contribution in [0.2, 0.25) is 0 Å². The average Bonchev–Trinajstić information content (AvgIpc) is 2.40. The van der Waals surface area contributed by atoms with Crippen LogP contribution in [0.25, 0.3) is 0 Å². The van der Waals surface area contributed by atoms with Crippen molar-refractivity contribution in [2.24, 2.45) is 0 Å². The molecule has 0 nitrogen and oxygen atoms in total. The fourth-order valence-electron chi connectivity index (χ4n) is 1.91.